The number of rotatable bonds is 6. The van der Waals surface area contributed by atoms with Crippen LogP contribution in [0.5, 0.6) is 0 Å². The fraction of sp³-hybridized carbons (Fsp3) is 0.667. The Morgan fingerprint density at radius 2 is 2.33 bits per heavy atom. The predicted octanol–water partition coefficient (Wildman–Crippen LogP) is 0.518. The minimum atomic E-state index is -0.239. The number of carbonyl (C=O) groups excluding carboxylic acids is 1. The molecular weight excluding hydrogens is 154 g/mol. The van der Waals surface area contributed by atoms with Crippen LogP contribution in [0.4, 0.5) is 0 Å². The van der Waals surface area contributed by atoms with Crippen LogP contribution in [-0.4, -0.2) is 19.1 Å². The third-order valence-corrected chi connectivity index (χ3v) is 1.37. The first-order valence-corrected chi connectivity index (χ1v) is 4.43. The summed E-state index contributed by atoms with van der Waals surface area (Å²) < 4.78 is 4.88. The smallest absolute Gasteiger partial charge is 0.330 e. The van der Waals surface area contributed by atoms with Crippen molar-refractivity contribution >= 4 is 5.97 Å². The molecule has 0 aliphatic heterocycles. The number of quaternary nitrogens is 1. The van der Waals surface area contributed by atoms with Crippen molar-refractivity contribution in [2.24, 2.45) is 0 Å². The highest BCUT2D eigenvalue weighted by atomic mass is 16.5. The SMILES string of the molecule is CCCCOC(=O)/C=C/CC[NH3+]. The minimum absolute atomic E-state index is 0.239. The van der Waals surface area contributed by atoms with Gasteiger partial charge < -0.3 is 10.5 Å². The number of carbonyl (C=O) groups is 1. The molecule has 0 radical (unpaired) electrons. The topological polar surface area (TPSA) is 53.9 Å². The highest BCUT2D eigenvalue weighted by Gasteiger charge is 1.94. The van der Waals surface area contributed by atoms with E-state index >= 15 is 0 Å². The first-order valence-electron chi connectivity index (χ1n) is 4.43. The lowest BCUT2D eigenvalue weighted by Gasteiger charge is -1.98. The van der Waals surface area contributed by atoms with Crippen LogP contribution in [0.1, 0.15) is 26.2 Å². The van der Waals surface area contributed by atoms with E-state index in [0.29, 0.717) is 6.61 Å². The van der Waals surface area contributed by atoms with Gasteiger partial charge in [-0.3, -0.25) is 0 Å². The Balaban J connectivity index is 3.33. The van der Waals surface area contributed by atoms with E-state index in [1.807, 2.05) is 0 Å². The first kappa shape index (κ1) is 11.2. The van der Waals surface area contributed by atoms with E-state index in [1.54, 1.807) is 6.08 Å². The van der Waals surface area contributed by atoms with Crippen LogP contribution in [0, 0.1) is 0 Å². The Morgan fingerprint density at radius 1 is 1.58 bits per heavy atom. The van der Waals surface area contributed by atoms with Gasteiger partial charge in [0.25, 0.3) is 0 Å². The van der Waals surface area contributed by atoms with E-state index in [9.17, 15) is 4.79 Å². The van der Waals surface area contributed by atoms with Gasteiger partial charge in [-0.2, -0.15) is 0 Å². The van der Waals surface area contributed by atoms with Crippen LogP contribution in [0.2, 0.25) is 0 Å². The summed E-state index contributed by atoms with van der Waals surface area (Å²) in [5.74, 6) is -0.239. The van der Waals surface area contributed by atoms with Crippen molar-refractivity contribution in [1.82, 2.24) is 0 Å². The van der Waals surface area contributed by atoms with Gasteiger partial charge in [-0.15, -0.1) is 0 Å². The molecule has 0 aliphatic rings. The van der Waals surface area contributed by atoms with Crippen molar-refractivity contribution in [3.63, 3.8) is 0 Å². The lowest BCUT2D eigenvalue weighted by atomic mass is 10.3. The lowest BCUT2D eigenvalue weighted by Crippen LogP contribution is -2.49. The first-order chi connectivity index (χ1) is 5.81. The standard InChI is InChI=1S/C9H17NO2/c1-2-3-8-12-9(11)6-4-5-7-10/h4,6H,2-3,5,7-8,10H2,1H3/p+1/b6-4+. The molecule has 0 bridgehead atoms. The van der Waals surface area contributed by atoms with Crippen molar-refractivity contribution < 1.29 is 15.3 Å². The largest absolute Gasteiger partial charge is 0.463 e. The number of hydrogen-bond donors (Lipinski definition) is 1. The Kier molecular flexibility index (Phi) is 7.70. The molecule has 0 saturated carbocycles. The third kappa shape index (κ3) is 7.28. The molecule has 0 rings (SSSR count). The monoisotopic (exact) mass is 172 g/mol. The molecule has 0 unspecified atom stereocenters. The van der Waals surface area contributed by atoms with E-state index < -0.39 is 0 Å². The summed E-state index contributed by atoms with van der Waals surface area (Å²) in [5.41, 5.74) is 3.65. The van der Waals surface area contributed by atoms with Gasteiger partial charge in [-0.05, 0) is 6.42 Å². The zero-order chi connectivity index (χ0) is 9.23. The zero-order valence-corrected chi connectivity index (χ0v) is 7.71. The molecule has 0 amide bonds. The second kappa shape index (κ2) is 8.27. The maximum absolute atomic E-state index is 10.9. The summed E-state index contributed by atoms with van der Waals surface area (Å²) in [7, 11) is 0. The van der Waals surface area contributed by atoms with Gasteiger partial charge in [-0.1, -0.05) is 19.4 Å². The van der Waals surface area contributed by atoms with Crippen LogP contribution in [0.25, 0.3) is 0 Å². The van der Waals surface area contributed by atoms with E-state index in [0.717, 1.165) is 25.8 Å². The van der Waals surface area contributed by atoms with Crippen LogP contribution in [0.15, 0.2) is 12.2 Å². The highest BCUT2D eigenvalue weighted by Crippen LogP contribution is 1.90. The Hall–Kier alpha value is -0.830. The maximum Gasteiger partial charge on any atom is 0.330 e. The van der Waals surface area contributed by atoms with E-state index in [4.69, 9.17) is 4.74 Å². The van der Waals surface area contributed by atoms with E-state index in [2.05, 4.69) is 12.7 Å². The Bertz CT molecular complexity index is 143. The summed E-state index contributed by atoms with van der Waals surface area (Å²) >= 11 is 0. The average Bonchev–Trinajstić information content (AvgIpc) is 2.06. The molecule has 0 heterocycles. The van der Waals surface area contributed by atoms with Gasteiger partial charge in [0, 0.05) is 12.5 Å². The van der Waals surface area contributed by atoms with Crippen LogP contribution >= 0.6 is 0 Å². The number of hydrogen-bond acceptors (Lipinski definition) is 2. The zero-order valence-electron chi connectivity index (χ0n) is 7.71. The summed E-state index contributed by atoms with van der Waals surface area (Å²) in [6.07, 6.45) is 6.09. The molecule has 0 aromatic heterocycles. The summed E-state index contributed by atoms with van der Waals surface area (Å²) in [6.45, 7) is 3.41. The molecule has 70 valence electrons. The quantitative estimate of drug-likeness (QED) is 0.361. The van der Waals surface area contributed by atoms with Gasteiger partial charge in [0.1, 0.15) is 0 Å². The maximum atomic E-state index is 10.9. The third-order valence-electron chi connectivity index (χ3n) is 1.37. The van der Waals surface area contributed by atoms with Gasteiger partial charge >= 0.3 is 5.97 Å². The van der Waals surface area contributed by atoms with Gasteiger partial charge in [0.2, 0.25) is 0 Å². The van der Waals surface area contributed by atoms with Crippen molar-refractivity contribution in [1.29, 1.82) is 0 Å². The molecule has 0 saturated heterocycles. The molecule has 3 N–H and O–H groups in total. The van der Waals surface area contributed by atoms with E-state index in [1.165, 1.54) is 6.08 Å². The molecular formula is C9H18NO2+. The summed E-state index contributed by atoms with van der Waals surface area (Å²) in [5, 5.41) is 0. The molecule has 0 atom stereocenters. The predicted molar refractivity (Wildman–Crippen MR) is 47.4 cm³/mol. The molecule has 12 heavy (non-hydrogen) atoms. The van der Waals surface area contributed by atoms with Crippen LogP contribution < -0.4 is 5.73 Å². The van der Waals surface area contributed by atoms with Gasteiger partial charge in [0.15, 0.2) is 0 Å². The van der Waals surface area contributed by atoms with Crippen molar-refractivity contribution in [3.8, 4) is 0 Å². The Morgan fingerprint density at radius 3 is 2.92 bits per heavy atom. The molecule has 0 aromatic carbocycles. The van der Waals surface area contributed by atoms with Gasteiger partial charge in [0.05, 0.1) is 13.2 Å². The normalized spacial score (nSPS) is 10.5. The number of ether oxygens (including phenoxy) is 1. The fourth-order valence-corrected chi connectivity index (χ4v) is 0.663. The molecule has 0 aliphatic carbocycles. The van der Waals surface area contributed by atoms with Crippen LogP contribution in [-0.2, 0) is 9.53 Å². The second-order valence-electron chi connectivity index (χ2n) is 2.57. The van der Waals surface area contributed by atoms with Crippen molar-refractivity contribution in [2.75, 3.05) is 13.2 Å². The van der Waals surface area contributed by atoms with Crippen molar-refractivity contribution in [3.05, 3.63) is 12.2 Å². The summed E-state index contributed by atoms with van der Waals surface area (Å²) in [4.78, 5) is 10.9. The number of esters is 1. The lowest BCUT2D eigenvalue weighted by molar-refractivity contribution is -0.366. The molecule has 0 aromatic rings. The Labute approximate surface area is 73.6 Å². The summed E-state index contributed by atoms with van der Waals surface area (Å²) in [6, 6.07) is 0. The van der Waals surface area contributed by atoms with E-state index in [-0.39, 0.29) is 5.97 Å². The molecule has 0 fully saturated rings. The number of unbranched alkanes of at least 4 members (excludes halogenated alkanes) is 1. The van der Waals surface area contributed by atoms with Gasteiger partial charge in [-0.25, -0.2) is 4.79 Å². The molecule has 3 nitrogen and oxygen atoms in total. The molecule has 3 heteroatoms. The minimum Gasteiger partial charge on any atom is -0.463 e. The molecule has 0 spiro atoms. The van der Waals surface area contributed by atoms with Crippen LogP contribution in [0.3, 0.4) is 0 Å². The fourth-order valence-electron chi connectivity index (χ4n) is 0.663. The highest BCUT2D eigenvalue weighted by molar-refractivity contribution is 5.81. The second-order valence-corrected chi connectivity index (χ2v) is 2.57. The average molecular weight is 172 g/mol. The van der Waals surface area contributed by atoms with Crippen molar-refractivity contribution in [2.45, 2.75) is 26.2 Å².